The second kappa shape index (κ2) is 6.89. The fraction of sp³-hybridized carbons (Fsp3) is 0.611. The van der Waals surface area contributed by atoms with Gasteiger partial charge in [-0.25, -0.2) is 0 Å². The number of ether oxygens (including phenoxy) is 2. The van der Waals surface area contributed by atoms with E-state index in [1.807, 2.05) is 11.8 Å². The highest BCUT2D eigenvalue weighted by Crippen LogP contribution is 2.41. The van der Waals surface area contributed by atoms with E-state index in [-0.39, 0.29) is 11.5 Å². The molecule has 1 aromatic heterocycles. The molecular weight excluding hydrogens is 294 g/mol. The highest BCUT2D eigenvalue weighted by Gasteiger charge is 2.48. The lowest BCUT2D eigenvalue weighted by Gasteiger charge is -2.44. The van der Waals surface area contributed by atoms with Gasteiger partial charge in [-0.05, 0) is 25.8 Å². The molecule has 1 spiro atoms. The number of nitrogens with zero attached hydrogens (tertiary/aromatic N) is 1. The van der Waals surface area contributed by atoms with Crippen LogP contribution in [0.1, 0.15) is 35.4 Å². The Bertz CT molecular complexity index is 567. The van der Waals surface area contributed by atoms with E-state index >= 15 is 0 Å². The monoisotopic (exact) mass is 319 g/mol. The summed E-state index contributed by atoms with van der Waals surface area (Å²) < 4.78 is 17.1. The molecule has 0 unspecified atom stereocenters. The number of furan rings is 1. The average Bonchev–Trinajstić information content (AvgIpc) is 3.14. The molecule has 0 radical (unpaired) electrons. The number of carbonyl (C=O) groups is 1. The number of hydrogen-bond acceptors (Lipinski definition) is 4. The van der Waals surface area contributed by atoms with Gasteiger partial charge in [0, 0.05) is 12.5 Å². The summed E-state index contributed by atoms with van der Waals surface area (Å²) in [6.07, 6.45) is 6.53. The lowest BCUT2D eigenvalue weighted by Crippen LogP contribution is -2.56. The third-order valence-corrected chi connectivity index (χ3v) is 5.04. The topological polar surface area (TPSA) is 51.9 Å². The van der Waals surface area contributed by atoms with E-state index in [1.165, 1.54) is 0 Å². The number of amides is 1. The maximum atomic E-state index is 12.8. The molecule has 2 heterocycles. The molecule has 0 aromatic carbocycles. The van der Waals surface area contributed by atoms with Crippen molar-refractivity contribution < 1.29 is 18.7 Å². The van der Waals surface area contributed by atoms with Crippen molar-refractivity contribution in [3.63, 3.8) is 0 Å². The predicted molar refractivity (Wildman–Crippen MR) is 86.4 cm³/mol. The highest BCUT2D eigenvalue weighted by atomic mass is 16.5. The van der Waals surface area contributed by atoms with Crippen LogP contribution in [0.4, 0.5) is 0 Å². The van der Waals surface area contributed by atoms with E-state index in [0.717, 1.165) is 19.3 Å². The molecule has 0 N–H and O–H groups in total. The molecule has 2 aliphatic rings. The summed E-state index contributed by atoms with van der Waals surface area (Å²) >= 11 is 0. The zero-order valence-corrected chi connectivity index (χ0v) is 13.8. The third-order valence-electron chi connectivity index (χ3n) is 5.04. The van der Waals surface area contributed by atoms with Crippen LogP contribution < -0.4 is 0 Å². The highest BCUT2D eigenvalue weighted by molar-refractivity contribution is 5.95. The van der Waals surface area contributed by atoms with Gasteiger partial charge >= 0.3 is 0 Å². The number of aryl methyl sites for hydroxylation is 1. The van der Waals surface area contributed by atoms with Crippen molar-refractivity contribution in [1.29, 1.82) is 0 Å². The minimum Gasteiger partial charge on any atom is -0.469 e. The van der Waals surface area contributed by atoms with Crippen molar-refractivity contribution >= 4 is 5.91 Å². The largest absolute Gasteiger partial charge is 0.469 e. The van der Waals surface area contributed by atoms with Crippen molar-refractivity contribution in [2.75, 3.05) is 32.9 Å². The van der Waals surface area contributed by atoms with Gasteiger partial charge in [-0.1, -0.05) is 12.5 Å². The Labute approximate surface area is 137 Å². The van der Waals surface area contributed by atoms with Gasteiger partial charge in [-0.2, -0.15) is 0 Å². The normalized spacial score (nSPS) is 27.5. The van der Waals surface area contributed by atoms with Crippen molar-refractivity contribution in [3.05, 3.63) is 36.3 Å². The van der Waals surface area contributed by atoms with E-state index in [2.05, 4.69) is 6.58 Å². The van der Waals surface area contributed by atoms with Gasteiger partial charge in [0.15, 0.2) is 0 Å². The SMILES string of the molecule is C=CCOC[C@@H]1CCC[C@@]12CN(C(=O)c1ccoc1C)CCO2. The third kappa shape index (κ3) is 3.21. The molecule has 1 aromatic rings. The Morgan fingerprint density at radius 1 is 1.61 bits per heavy atom. The van der Waals surface area contributed by atoms with Crippen LogP contribution in [0.3, 0.4) is 0 Å². The van der Waals surface area contributed by atoms with Gasteiger partial charge in [0.1, 0.15) is 5.76 Å². The molecule has 1 saturated carbocycles. The first-order valence-electron chi connectivity index (χ1n) is 8.32. The van der Waals surface area contributed by atoms with Crippen LogP contribution in [-0.2, 0) is 9.47 Å². The molecule has 5 heteroatoms. The van der Waals surface area contributed by atoms with E-state index in [4.69, 9.17) is 13.9 Å². The summed E-state index contributed by atoms with van der Waals surface area (Å²) in [7, 11) is 0. The van der Waals surface area contributed by atoms with Crippen LogP contribution in [-0.4, -0.2) is 49.3 Å². The predicted octanol–water partition coefficient (Wildman–Crippen LogP) is 2.80. The van der Waals surface area contributed by atoms with Gasteiger partial charge in [0.2, 0.25) is 0 Å². The molecule has 1 saturated heterocycles. The van der Waals surface area contributed by atoms with Gasteiger partial charge in [-0.3, -0.25) is 4.79 Å². The zero-order valence-electron chi connectivity index (χ0n) is 13.8. The minimum atomic E-state index is -0.257. The Hall–Kier alpha value is -1.59. The van der Waals surface area contributed by atoms with Crippen LogP contribution in [0.5, 0.6) is 0 Å². The lowest BCUT2D eigenvalue weighted by molar-refractivity contribution is -0.132. The van der Waals surface area contributed by atoms with Gasteiger partial charge in [-0.15, -0.1) is 6.58 Å². The van der Waals surface area contributed by atoms with Crippen molar-refractivity contribution in [3.8, 4) is 0 Å². The fourth-order valence-corrected chi connectivity index (χ4v) is 3.80. The Morgan fingerprint density at radius 2 is 2.48 bits per heavy atom. The maximum absolute atomic E-state index is 12.8. The minimum absolute atomic E-state index is 0.0385. The molecule has 5 nitrogen and oxygen atoms in total. The summed E-state index contributed by atoms with van der Waals surface area (Å²) in [6, 6.07) is 1.75. The van der Waals surface area contributed by atoms with E-state index in [9.17, 15) is 4.79 Å². The molecule has 0 bridgehead atoms. The van der Waals surface area contributed by atoms with Crippen LogP contribution in [0.15, 0.2) is 29.4 Å². The molecule has 1 aliphatic carbocycles. The number of hydrogen-bond donors (Lipinski definition) is 0. The molecule has 2 atom stereocenters. The first-order chi connectivity index (χ1) is 11.2. The molecule has 1 aliphatic heterocycles. The summed E-state index contributed by atoms with van der Waals surface area (Å²) in [5.74, 6) is 1.05. The van der Waals surface area contributed by atoms with Crippen LogP contribution in [0.25, 0.3) is 0 Å². The zero-order chi connectivity index (χ0) is 16.3. The quantitative estimate of drug-likeness (QED) is 0.618. The Morgan fingerprint density at radius 3 is 3.22 bits per heavy atom. The van der Waals surface area contributed by atoms with E-state index < -0.39 is 0 Å². The summed E-state index contributed by atoms with van der Waals surface area (Å²) in [5, 5.41) is 0. The summed E-state index contributed by atoms with van der Waals surface area (Å²) in [5.41, 5.74) is 0.395. The van der Waals surface area contributed by atoms with Crippen LogP contribution >= 0.6 is 0 Å². The molecule has 1 amide bonds. The molecular formula is C18H25NO4. The number of carbonyl (C=O) groups excluding carboxylic acids is 1. The Balaban J connectivity index is 1.70. The van der Waals surface area contributed by atoms with E-state index in [1.54, 1.807) is 18.4 Å². The van der Waals surface area contributed by atoms with Crippen molar-refractivity contribution in [2.45, 2.75) is 31.8 Å². The van der Waals surface area contributed by atoms with Crippen LogP contribution in [0.2, 0.25) is 0 Å². The smallest absolute Gasteiger partial charge is 0.257 e. The Kier molecular flexibility index (Phi) is 4.87. The van der Waals surface area contributed by atoms with Crippen LogP contribution in [0, 0.1) is 12.8 Å². The molecule has 3 rings (SSSR count). The van der Waals surface area contributed by atoms with E-state index in [0.29, 0.717) is 50.2 Å². The maximum Gasteiger partial charge on any atom is 0.257 e. The standard InChI is InChI=1S/C18H25NO4/c1-3-9-21-12-15-5-4-7-18(15)13-19(8-11-23-18)17(20)16-6-10-22-14(16)2/h3,6,10,15H,1,4-5,7-9,11-13H2,2H3/t15-,18+/m0/s1. The number of rotatable bonds is 5. The van der Waals surface area contributed by atoms with Gasteiger partial charge < -0.3 is 18.8 Å². The van der Waals surface area contributed by atoms with Gasteiger partial charge in [0.05, 0.1) is 43.8 Å². The molecule has 2 fully saturated rings. The second-order valence-electron chi connectivity index (χ2n) is 6.45. The number of morpholine rings is 1. The summed E-state index contributed by atoms with van der Waals surface area (Å²) in [4.78, 5) is 14.7. The lowest BCUT2D eigenvalue weighted by atomic mass is 9.89. The van der Waals surface area contributed by atoms with Gasteiger partial charge in [0.25, 0.3) is 5.91 Å². The summed E-state index contributed by atoms with van der Waals surface area (Å²) in [6.45, 7) is 8.58. The molecule has 126 valence electrons. The average molecular weight is 319 g/mol. The first kappa shape index (κ1) is 16.3. The first-order valence-corrected chi connectivity index (χ1v) is 8.32. The fourth-order valence-electron chi connectivity index (χ4n) is 3.80. The second-order valence-corrected chi connectivity index (χ2v) is 6.45. The van der Waals surface area contributed by atoms with Crippen molar-refractivity contribution in [1.82, 2.24) is 4.90 Å². The molecule has 23 heavy (non-hydrogen) atoms. The van der Waals surface area contributed by atoms with Crippen molar-refractivity contribution in [2.24, 2.45) is 5.92 Å².